The van der Waals surface area contributed by atoms with Gasteiger partial charge in [0.15, 0.2) is 5.69 Å². The number of carboxylic acids is 1. The second-order valence-corrected chi connectivity index (χ2v) is 5.63. The number of carbonyl (C=O) groups excluding carboxylic acids is 1. The lowest BCUT2D eigenvalue weighted by Gasteiger charge is -2.12. The van der Waals surface area contributed by atoms with Crippen LogP contribution in [0.15, 0.2) is 30.5 Å². The van der Waals surface area contributed by atoms with E-state index in [-0.39, 0.29) is 11.6 Å². The Morgan fingerprint density at radius 1 is 1.19 bits per heavy atom. The average Bonchev–Trinajstić information content (AvgIpc) is 3.04. The zero-order chi connectivity index (χ0) is 19.3. The Balaban J connectivity index is 2.24. The Morgan fingerprint density at radius 2 is 1.85 bits per heavy atom. The summed E-state index contributed by atoms with van der Waals surface area (Å²) < 4.78 is 40.1. The van der Waals surface area contributed by atoms with Crippen molar-refractivity contribution in [2.45, 2.75) is 32.4 Å². The Bertz CT molecular complexity index is 783. The van der Waals surface area contributed by atoms with E-state index in [1.807, 2.05) is 6.92 Å². The van der Waals surface area contributed by atoms with Crippen LogP contribution in [0.3, 0.4) is 0 Å². The first-order valence-corrected chi connectivity index (χ1v) is 8.02. The molecule has 0 unspecified atom stereocenters. The second-order valence-electron chi connectivity index (χ2n) is 5.63. The van der Waals surface area contributed by atoms with Gasteiger partial charge in [0, 0.05) is 12.1 Å². The highest BCUT2D eigenvalue weighted by Crippen LogP contribution is 2.33. The van der Waals surface area contributed by atoms with Crippen LogP contribution in [0.2, 0.25) is 0 Å². The number of carboxylic acid groups (broad SMARTS) is 1. The molecule has 0 aliphatic heterocycles. The predicted octanol–water partition coefficient (Wildman–Crippen LogP) is 3.51. The number of benzene rings is 1. The number of nitrogens with one attached hydrogen (secondary N) is 1. The van der Waals surface area contributed by atoms with Gasteiger partial charge >= 0.3 is 12.1 Å². The molecule has 140 valence electrons. The average molecular weight is 369 g/mol. The third kappa shape index (κ3) is 4.41. The molecule has 0 bridgehead atoms. The molecule has 0 saturated heterocycles. The van der Waals surface area contributed by atoms with Gasteiger partial charge in [0.25, 0.3) is 5.91 Å². The standard InChI is InChI=1S/C17H18F3N3O3/c1-2-3-4-9-21-15(24)11-5-7-12(8-6-11)23-14(17(18,19)20)13(10-22-23)16(25)26/h5-8,10H,2-4,9H2,1H3,(H,21,24)(H,25,26). The van der Waals surface area contributed by atoms with Crippen molar-refractivity contribution >= 4 is 11.9 Å². The minimum atomic E-state index is -4.89. The van der Waals surface area contributed by atoms with Gasteiger partial charge in [0.2, 0.25) is 0 Å². The number of unbranched alkanes of at least 4 members (excludes halogenated alkanes) is 2. The molecular weight excluding hydrogens is 351 g/mol. The molecule has 26 heavy (non-hydrogen) atoms. The van der Waals surface area contributed by atoms with Gasteiger partial charge in [0.05, 0.1) is 11.9 Å². The number of rotatable bonds is 7. The van der Waals surface area contributed by atoms with Crippen LogP contribution in [0, 0.1) is 0 Å². The molecule has 1 amide bonds. The van der Waals surface area contributed by atoms with E-state index in [9.17, 15) is 22.8 Å². The minimum Gasteiger partial charge on any atom is -0.478 e. The number of alkyl halides is 3. The SMILES string of the molecule is CCCCCNC(=O)c1ccc(-n2ncc(C(=O)O)c2C(F)(F)F)cc1. The van der Waals surface area contributed by atoms with Gasteiger partial charge in [-0.1, -0.05) is 19.8 Å². The van der Waals surface area contributed by atoms with E-state index in [1.165, 1.54) is 24.3 Å². The van der Waals surface area contributed by atoms with Crippen LogP contribution in [0.4, 0.5) is 13.2 Å². The van der Waals surface area contributed by atoms with E-state index < -0.39 is 23.4 Å². The highest BCUT2D eigenvalue weighted by molar-refractivity contribution is 5.94. The van der Waals surface area contributed by atoms with E-state index in [4.69, 9.17) is 5.11 Å². The summed E-state index contributed by atoms with van der Waals surface area (Å²) >= 11 is 0. The van der Waals surface area contributed by atoms with Crippen LogP contribution in [0.25, 0.3) is 5.69 Å². The fourth-order valence-electron chi connectivity index (χ4n) is 2.41. The summed E-state index contributed by atoms with van der Waals surface area (Å²) in [6.07, 6.45) is -1.38. The van der Waals surface area contributed by atoms with E-state index in [1.54, 1.807) is 0 Å². The molecule has 0 aliphatic rings. The van der Waals surface area contributed by atoms with Gasteiger partial charge in [-0.15, -0.1) is 0 Å². The fourth-order valence-corrected chi connectivity index (χ4v) is 2.41. The minimum absolute atomic E-state index is 0.00681. The van der Waals surface area contributed by atoms with Crippen molar-refractivity contribution in [2.24, 2.45) is 0 Å². The van der Waals surface area contributed by atoms with Gasteiger partial charge in [-0.2, -0.15) is 18.3 Å². The lowest BCUT2D eigenvalue weighted by molar-refractivity contribution is -0.143. The molecule has 2 rings (SSSR count). The lowest BCUT2D eigenvalue weighted by Crippen LogP contribution is -2.24. The Hall–Kier alpha value is -2.84. The van der Waals surface area contributed by atoms with E-state index in [0.717, 1.165) is 19.3 Å². The number of nitrogens with zero attached hydrogens (tertiary/aromatic N) is 2. The molecule has 0 radical (unpaired) electrons. The molecule has 2 N–H and O–H groups in total. The maximum absolute atomic E-state index is 13.2. The maximum atomic E-state index is 13.2. The first kappa shape index (κ1) is 19.5. The highest BCUT2D eigenvalue weighted by Gasteiger charge is 2.40. The number of hydrogen-bond donors (Lipinski definition) is 2. The van der Waals surface area contributed by atoms with Crippen LogP contribution >= 0.6 is 0 Å². The third-order valence-electron chi connectivity index (χ3n) is 3.71. The van der Waals surface area contributed by atoms with Gasteiger partial charge in [-0.3, -0.25) is 4.79 Å². The number of hydrogen-bond acceptors (Lipinski definition) is 3. The Morgan fingerprint density at radius 3 is 2.38 bits per heavy atom. The number of amides is 1. The molecule has 2 aromatic rings. The monoisotopic (exact) mass is 369 g/mol. The van der Waals surface area contributed by atoms with Crippen molar-refractivity contribution in [2.75, 3.05) is 6.54 Å². The van der Waals surface area contributed by atoms with Crippen LogP contribution in [-0.4, -0.2) is 33.3 Å². The first-order chi connectivity index (χ1) is 12.3. The maximum Gasteiger partial charge on any atom is 0.434 e. The predicted molar refractivity (Wildman–Crippen MR) is 87.4 cm³/mol. The number of aromatic nitrogens is 2. The molecule has 1 aromatic heterocycles. The highest BCUT2D eigenvalue weighted by atomic mass is 19.4. The van der Waals surface area contributed by atoms with E-state index in [2.05, 4.69) is 10.4 Å². The van der Waals surface area contributed by atoms with Crippen LogP contribution in [-0.2, 0) is 6.18 Å². The molecule has 0 atom stereocenters. The summed E-state index contributed by atoms with van der Waals surface area (Å²) in [6.45, 7) is 2.56. The van der Waals surface area contributed by atoms with Crippen molar-refractivity contribution in [3.8, 4) is 5.69 Å². The van der Waals surface area contributed by atoms with Crippen molar-refractivity contribution in [3.05, 3.63) is 47.3 Å². The summed E-state index contributed by atoms with van der Waals surface area (Å²) in [7, 11) is 0. The van der Waals surface area contributed by atoms with Crippen molar-refractivity contribution in [1.29, 1.82) is 0 Å². The molecule has 1 aromatic carbocycles. The first-order valence-electron chi connectivity index (χ1n) is 8.02. The summed E-state index contributed by atoms with van der Waals surface area (Å²) in [5.41, 5.74) is -2.01. The smallest absolute Gasteiger partial charge is 0.434 e. The van der Waals surface area contributed by atoms with Crippen molar-refractivity contribution in [3.63, 3.8) is 0 Å². The summed E-state index contributed by atoms with van der Waals surface area (Å²) in [4.78, 5) is 23.0. The van der Waals surface area contributed by atoms with Gasteiger partial charge < -0.3 is 10.4 Å². The normalized spacial score (nSPS) is 11.4. The summed E-state index contributed by atoms with van der Waals surface area (Å²) in [5.74, 6) is -2.04. The molecular formula is C17H18F3N3O3. The molecule has 0 spiro atoms. The quantitative estimate of drug-likeness (QED) is 0.732. The van der Waals surface area contributed by atoms with Crippen molar-refractivity contribution < 1.29 is 27.9 Å². The summed E-state index contributed by atoms with van der Waals surface area (Å²) in [5, 5.41) is 15.2. The molecule has 0 saturated carbocycles. The molecule has 9 heteroatoms. The largest absolute Gasteiger partial charge is 0.478 e. The Kier molecular flexibility index (Phi) is 6.01. The zero-order valence-electron chi connectivity index (χ0n) is 14.0. The van der Waals surface area contributed by atoms with Crippen LogP contribution in [0.1, 0.15) is 52.6 Å². The number of aromatic carboxylic acids is 1. The van der Waals surface area contributed by atoms with Gasteiger partial charge in [0.1, 0.15) is 5.56 Å². The molecule has 1 heterocycles. The van der Waals surface area contributed by atoms with Gasteiger partial charge in [-0.05, 0) is 30.7 Å². The van der Waals surface area contributed by atoms with Crippen molar-refractivity contribution in [1.82, 2.24) is 15.1 Å². The van der Waals surface area contributed by atoms with E-state index in [0.29, 0.717) is 23.0 Å². The number of carbonyl (C=O) groups is 2. The molecule has 0 aliphatic carbocycles. The molecule has 0 fully saturated rings. The zero-order valence-corrected chi connectivity index (χ0v) is 14.0. The van der Waals surface area contributed by atoms with Gasteiger partial charge in [-0.25, -0.2) is 9.48 Å². The molecule has 6 nitrogen and oxygen atoms in total. The number of halogens is 3. The topological polar surface area (TPSA) is 84.2 Å². The third-order valence-corrected chi connectivity index (χ3v) is 3.71. The van der Waals surface area contributed by atoms with E-state index >= 15 is 0 Å². The summed E-state index contributed by atoms with van der Waals surface area (Å²) in [6, 6.07) is 5.31. The fraction of sp³-hybridized carbons (Fsp3) is 0.353. The second kappa shape index (κ2) is 8.03. The lowest BCUT2D eigenvalue weighted by atomic mass is 10.1. The Labute approximate surface area is 147 Å². The van der Waals surface area contributed by atoms with Crippen LogP contribution in [0.5, 0.6) is 0 Å². The van der Waals surface area contributed by atoms with Crippen LogP contribution < -0.4 is 5.32 Å².